The van der Waals surface area contributed by atoms with E-state index in [1.807, 2.05) is 12.1 Å². The zero-order valence-corrected chi connectivity index (χ0v) is 14.3. The normalized spacial score (nSPS) is 22.7. The average molecular weight is 306 g/mol. The first kappa shape index (κ1) is 17.3. The topological polar surface area (TPSA) is 35.9 Å². The third kappa shape index (κ3) is 4.22. The van der Waals surface area contributed by atoms with Crippen LogP contribution in [0.2, 0.25) is 0 Å². The third-order valence-corrected chi connectivity index (χ3v) is 4.64. The lowest BCUT2D eigenvalue weighted by atomic mass is 9.91. The molecule has 0 radical (unpaired) electrons. The molecule has 0 amide bonds. The number of likely N-dealkylation sites (tertiary alicyclic amines) is 1. The van der Waals surface area contributed by atoms with E-state index in [0.717, 1.165) is 25.4 Å². The molecule has 2 rings (SSSR count). The summed E-state index contributed by atoms with van der Waals surface area (Å²) in [7, 11) is 4.36. The minimum absolute atomic E-state index is 0.0518. The highest BCUT2D eigenvalue weighted by molar-refractivity contribution is 5.33. The van der Waals surface area contributed by atoms with Gasteiger partial charge in [0, 0.05) is 31.2 Å². The zero-order chi connectivity index (χ0) is 16.1. The Hall–Kier alpha value is -1.10. The molecule has 0 unspecified atom stereocenters. The Balaban J connectivity index is 2.05. The van der Waals surface area contributed by atoms with E-state index in [1.165, 1.54) is 5.56 Å². The number of nitrogens with zero attached hydrogens (tertiary/aromatic N) is 2. The number of para-hydroxylation sites is 1. The van der Waals surface area contributed by atoms with Crippen molar-refractivity contribution in [3.63, 3.8) is 0 Å². The van der Waals surface area contributed by atoms with Gasteiger partial charge in [0.05, 0.1) is 6.61 Å². The van der Waals surface area contributed by atoms with Crippen molar-refractivity contribution >= 4 is 0 Å². The molecule has 2 atom stereocenters. The van der Waals surface area contributed by atoms with Gasteiger partial charge >= 0.3 is 0 Å². The van der Waals surface area contributed by atoms with Crippen LogP contribution in [0, 0.1) is 11.8 Å². The van der Waals surface area contributed by atoms with Crippen molar-refractivity contribution in [3.8, 4) is 5.75 Å². The quantitative estimate of drug-likeness (QED) is 0.837. The summed E-state index contributed by atoms with van der Waals surface area (Å²) in [6.45, 7) is 8.20. The summed E-state index contributed by atoms with van der Waals surface area (Å²) >= 11 is 0. The fraction of sp³-hybridized carbons (Fsp3) is 0.667. The van der Waals surface area contributed by atoms with E-state index in [2.05, 4.69) is 49.9 Å². The van der Waals surface area contributed by atoms with Crippen molar-refractivity contribution in [1.82, 2.24) is 9.80 Å². The van der Waals surface area contributed by atoms with Crippen molar-refractivity contribution < 1.29 is 9.84 Å². The van der Waals surface area contributed by atoms with Gasteiger partial charge < -0.3 is 14.7 Å². The van der Waals surface area contributed by atoms with E-state index in [0.29, 0.717) is 24.5 Å². The maximum Gasteiger partial charge on any atom is 0.123 e. The first-order valence-corrected chi connectivity index (χ1v) is 8.23. The number of aliphatic hydroxyl groups excluding tert-OH is 1. The molecule has 4 heteroatoms. The van der Waals surface area contributed by atoms with Crippen molar-refractivity contribution in [2.45, 2.75) is 26.4 Å². The number of benzene rings is 1. The molecular weight excluding hydrogens is 276 g/mol. The Bertz CT molecular complexity index is 446. The molecule has 1 aromatic carbocycles. The van der Waals surface area contributed by atoms with Gasteiger partial charge in [-0.2, -0.15) is 0 Å². The van der Waals surface area contributed by atoms with Crippen LogP contribution in [0.25, 0.3) is 0 Å². The standard InChI is InChI=1S/C18H30N2O2/c1-14(2)16-12-20(13-17(16)19(3)4)11-15-7-5-6-8-18(15)22-10-9-21/h5-8,14,16-17,21H,9-13H2,1-4H3/t16-,17+/m0/s1. The monoisotopic (exact) mass is 306 g/mol. The minimum atomic E-state index is 0.0518. The van der Waals surface area contributed by atoms with Crippen LogP contribution in [0.3, 0.4) is 0 Å². The van der Waals surface area contributed by atoms with Crippen LogP contribution < -0.4 is 4.74 Å². The van der Waals surface area contributed by atoms with Gasteiger partial charge in [-0.15, -0.1) is 0 Å². The Labute approximate surface area is 134 Å². The van der Waals surface area contributed by atoms with Gasteiger partial charge in [0.25, 0.3) is 0 Å². The van der Waals surface area contributed by atoms with E-state index in [9.17, 15) is 0 Å². The Kier molecular flexibility index (Phi) is 6.24. The molecule has 4 nitrogen and oxygen atoms in total. The lowest BCUT2D eigenvalue weighted by molar-refractivity contribution is 0.198. The van der Waals surface area contributed by atoms with E-state index >= 15 is 0 Å². The summed E-state index contributed by atoms with van der Waals surface area (Å²) in [5.74, 6) is 2.30. The molecule has 0 aliphatic carbocycles. The van der Waals surface area contributed by atoms with Gasteiger partial charge in [0.2, 0.25) is 0 Å². The molecule has 0 saturated carbocycles. The second-order valence-electron chi connectivity index (χ2n) is 6.81. The van der Waals surface area contributed by atoms with Crippen LogP contribution in [0.5, 0.6) is 5.75 Å². The maximum atomic E-state index is 8.95. The second-order valence-corrected chi connectivity index (χ2v) is 6.81. The number of hydrogen-bond acceptors (Lipinski definition) is 4. The average Bonchev–Trinajstić information content (AvgIpc) is 2.91. The molecule has 1 aliphatic rings. The predicted molar refractivity (Wildman–Crippen MR) is 90.1 cm³/mol. The smallest absolute Gasteiger partial charge is 0.123 e. The van der Waals surface area contributed by atoms with Crippen molar-refractivity contribution in [3.05, 3.63) is 29.8 Å². The van der Waals surface area contributed by atoms with Crippen LogP contribution in [0.1, 0.15) is 19.4 Å². The molecular formula is C18H30N2O2. The molecule has 1 saturated heterocycles. The van der Waals surface area contributed by atoms with Crippen LogP contribution in [-0.4, -0.2) is 61.3 Å². The number of rotatable bonds is 7. The number of aliphatic hydroxyl groups is 1. The molecule has 22 heavy (non-hydrogen) atoms. The Morgan fingerprint density at radius 3 is 2.59 bits per heavy atom. The van der Waals surface area contributed by atoms with E-state index in [-0.39, 0.29) is 6.61 Å². The fourth-order valence-corrected chi connectivity index (χ4v) is 3.40. The summed E-state index contributed by atoms with van der Waals surface area (Å²) < 4.78 is 5.66. The third-order valence-electron chi connectivity index (χ3n) is 4.64. The van der Waals surface area contributed by atoms with Gasteiger partial charge in [0.15, 0.2) is 0 Å². The molecule has 1 aliphatic heterocycles. The van der Waals surface area contributed by atoms with Crippen LogP contribution in [0.15, 0.2) is 24.3 Å². The molecule has 124 valence electrons. The molecule has 0 bridgehead atoms. The number of hydrogen-bond donors (Lipinski definition) is 1. The summed E-state index contributed by atoms with van der Waals surface area (Å²) in [6.07, 6.45) is 0. The number of ether oxygens (including phenoxy) is 1. The van der Waals surface area contributed by atoms with E-state index in [4.69, 9.17) is 9.84 Å². The zero-order valence-electron chi connectivity index (χ0n) is 14.3. The lowest BCUT2D eigenvalue weighted by Crippen LogP contribution is -2.37. The highest BCUT2D eigenvalue weighted by atomic mass is 16.5. The van der Waals surface area contributed by atoms with Crippen LogP contribution in [-0.2, 0) is 6.54 Å². The van der Waals surface area contributed by atoms with Gasteiger partial charge in [-0.25, -0.2) is 0 Å². The van der Waals surface area contributed by atoms with Gasteiger partial charge in [-0.05, 0) is 32.0 Å². The number of likely N-dealkylation sites (N-methyl/N-ethyl adjacent to an activating group) is 1. The summed E-state index contributed by atoms with van der Waals surface area (Å²) in [4.78, 5) is 4.88. The first-order valence-electron chi connectivity index (χ1n) is 8.23. The molecule has 1 N–H and O–H groups in total. The van der Waals surface area contributed by atoms with Gasteiger partial charge in [-0.3, -0.25) is 4.90 Å². The van der Waals surface area contributed by atoms with E-state index < -0.39 is 0 Å². The largest absolute Gasteiger partial charge is 0.491 e. The van der Waals surface area contributed by atoms with Crippen LogP contribution in [0.4, 0.5) is 0 Å². The van der Waals surface area contributed by atoms with E-state index in [1.54, 1.807) is 0 Å². The summed E-state index contributed by atoms with van der Waals surface area (Å²) in [5, 5.41) is 8.95. The van der Waals surface area contributed by atoms with Crippen molar-refractivity contribution in [2.24, 2.45) is 11.8 Å². The van der Waals surface area contributed by atoms with Crippen molar-refractivity contribution in [2.75, 3.05) is 40.4 Å². The van der Waals surface area contributed by atoms with Crippen LogP contribution >= 0.6 is 0 Å². The summed E-state index contributed by atoms with van der Waals surface area (Å²) in [6, 6.07) is 8.77. The minimum Gasteiger partial charge on any atom is -0.491 e. The van der Waals surface area contributed by atoms with Gasteiger partial charge in [-0.1, -0.05) is 32.0 Å². The lowest BCUT2D eigenvalue weighted by Gasteiger charge is -2.27. The molecule has 1 fully saturated rings. The first-order chi connectivity index (χ1) is 10.5. The molecule has 0 aromatic heterocycles. The highest BCUT2D eigenvalue weighted by Crippen LogP contribution is 2.29. The molecule has 1 heterocycles. The van der Waals surface area contributed by atoms with Crippen molar-refractivity contribution in [1.29, 1.82) is 0 Å². The maximum absolute atomic E-state index is 8.95. The molecule has 1 aromatic rings. The predicted octanol–water partition coefficient (Wildman–Crippen LogP) is 2.08. The fourth-order valence-electron chi connectivity index (χ4n) is 3.40. The molecule has 0 spiro atoms. The Morgan fingerprint density at radius 1 is 1.27 bits per heavy atom. The Morgan fingerprint density at radius 2 is 2.00 bits per heavy atom. The second kappa shape index (κ2) is 7.95. The van der Waals surface area contributed by atoms with Gasteiger partial charge in [0.1, 0.15) is 12.4 Å². The SMILES string of the molecule is CC(C)[C@@H]1CN(Cc2ccccc2OCCO)C[C@H]1N(C)C. The highest BCUT2D eigenvalue weighted by Gasteiger charge is 2.35. The summed E-state index contributed by atoms with van der Waals surface area (Å²) in [5.41, 5.74) is 1.21.